The van der Waals surface area contributed by atoms with Crippen LogP contribution in [0, 0.1) is 5.92 Å². The molecule has 0 spiro atoms. The van der Waals surface area contributed by atoms with Crippen molar-refractivity contribution in [1.29, 1.82) is 0 Å². The van der Waals surface area contributed by atoms with E-state index in [0.717, 1.165) is 16.8 Å². The Hall–Kier alpha value is -1.88. The van der Waals surface area contributed by atoms with Crippen LogP contribution in [0.2, 0.25) is 0 Å². The molecule has 25 heavy (non-hydrogen) atoms. The summed E-state index contributed by atoms with van der Waals surface area (Å²) in [5.41, 5.74) is 8.86. The second kappa shape index (κ2) is 10.9. The summed E-state index contributed by atoms with van der Waals surface area (Å²) in [6.45, 7) is 5.23. The van der Waals surface area contributed by atoms with Crippen LogP contribution < -0.4 is 11.1 Å². The number of carbonyl (C=O) groups is 1. The smallest absolute Gasteiger partial charge is 0.241 e. The Labute approximate surface area is 156 Å². The van der Waals surface area contributed by atoms with Crippen LogP contribution in [-0.4, -0.2) is 11.9 Å². The number of carbonyl (C=O) groups excluding carboxylic acids is 1. The summed E-state index contributed by atoms with van der Waals surface area (Å²) in [6.07, 6.45) is 0.678. The first-order chi connectivity index (χ1) is 11.5. The number of ether oxygens (including phenoxy) is 1. The summed E-state index contributed by atoms with van der Waals surface area (Å²) in [5.74, 6) is 0.256. The summed E-state index contributed by atoms with van der Waals surface area (Å²) < 4.78 is 5.70. The molecular weight excluding hydrogens is 336 g/mol. The minimum atomic E-state index is -0.473. The van der Waals surface area contributed by atoms with Gasteiger partial charge in [0.1, 0.15) is 0 Å². The van der Waals surface area contributed by atoms with Crippen LogP contribution in [0.25, 0.3) is 0 Å². The highest BCUT2D eigenvalue weighted by molar-refractivity contribution is 5.94. The largest absolute Gasteiger partial charge is 0.372 e. The highest BCUT2D eigenvalue weighted by Gasteiger charge is 2.14. The summed E-state index contributed by atoms with van der Waals surface area (Å²) in [6, 6.07) is 17.3. The maximum Gasteiger partial charge on any atom is 0.241 e. The lowest BCUT2D eigenvalue weighted by Crippen LogP contribution is -2.36. The average Bonchev–Trinajstić information content (AvgIpc) is 2.57. The number of hydrogen-bond donors (Lipinski definition) is 2. The minimum absolute atomic E-state index is 0. The standard InChI is InChI=1S/C20H26N2O2.ClH/c1-15(2)12-19(21)20(23)22-18-10-8-17(9-11-18)14-24-13-16-6-4-3-5-7-16;/h3-11,15,19H,12-14,21H2,1-2H3,(H,22,23);1H/t19-;/m0./s1. The fraction of sp³-hybridized carbons (Fsp3) is 0.350. The van der Waals surface area contributed by atoms with Crippen molar-refractivity contribution < 1.29 is 9.53 Å². The van der Waals surface area contributed by atoms with Crippen molar-refractivity contribution in [3.63, 3.8) is 0 Å². The number of nitrogens with one attached hydrogen (secondary N) is 1. The molecule has 2 aromatic rings. The van der Waals surface area contributed by atoms with Crippen LogP contribution in [0.15, 0.2) is 54.6 Å². The first kappa shape index (κ1) is 21.2. The summed E-state index contributed by atoms with van der Waals surface area (Å²) in [4.78, 5) is 12.0. The van der Waals surface area contributed by atoms with Gasteiger partial charge in [0, 0.05) is 5.69 Å². The third-order valence-electron chi connectivity index (χ3n) is 3.66. The van der Waals surface area contributed by atoms with Gasteiger partial charge in [-0.25, -0.2) is 0 Å². The fourth-order valence-corrected chi connectivity index (χ4v) is 2.40. The molecule has 0 radical (unpaired) electrons. The average molecular weight is 363 g/mol. The van der Waals surface area contributed by atoms with Gasteiger partial charge in [0.15, 0.2) is 0 Å². The van der Waals surface area contributed by atoms with Crippen molar-refractivity contribution in [2.45, 2.75) is 39.5 Å². The molecule has 0 saturated carbocycles. The molecule has 1 atom stereocenters. The first-order valence-corrected chi connectivity index (χ1v) is 8.31. The molecule has 0 saturated heterocycles. The van der Waals surface area contributed by atoms with Gasteiger partial charge < -0.3 is 15.8 Å². The molecule has 4 nitrogen and oxygen atoms in total. The van der Waals surface area contributed by atoms with E-state index in [1.807, 2.05) is 54.6 Å². The second-order valence-electron chi connectivity index (χ2n) is 6.40. The van der Waals surface area contributed by atoms with E-state index in [-0.39, 0.29) is 18.3 Å². The highest BCUT2D eigenvalue weighted by atomic mass is 35.5. The van der Waals surface area contributed by atoms with Gasteiger partial charge in [-0.1, -0.05) is 56.3 Å². The lowest BCUT2D eigenvalue weighted by molar-refractivity contribution is -0.117. The van der Waals surface area contributed by atoms with Gasteiger partial charge in [-0.05, 0) is 35.6 Å². The van der Waals surface area contributed by atoms with Gasteiger partial charge >= 0.3 is 0 Å². The van der Waals surface area contributed by atoms with Gasteiger partial charge in [0.25, 0.3) is 0 Å². The lowest BCUT2D eigenvalue weighted by Gasteiger charge is -2.14. The predicted molar refractivity (Wildman–Crippen MR) is 105 cm³/mol. The molecule has 0 aliphatic heterocycles. The molecule has 3 N–H and O–H groups in total. The van der Waals surface area contributed by atoms with Crippen LogP contribution in [0.4, 0.5) is 5.69 Å². The first-order valence-electron chi connectivity index (χ1n) is 8.31. The molecule has 0 aliphatic rings. The van der Waals surface area contributed by atoms with Crippen LogP contribution in [0.5, 0.6) is 0 Å². The quantitative estimate of drug-likeness (QED) is 0.741. The van der Waals surface area contributed by atoms with E-state index in [1.165, 1.54) is 0 Å². The molecular formula is C20H27ClN2O2. The van der Waals surface area contributed by atoms with Crippen molar-refractivity contribution in [3.8, 4) is 0 Å². The molecule has 136 valence electrons. The van der Waals surface area contributed by atoms with E-state index >= 15 is 0 Å². The van der Waals surface area contributed by atoms with Gasteiger partial charge in [-0.2, -0.15) is 0 Å². The second-order valence-corrected chi connectivity index (χ2v) is 6.40. The Balaban J connectivity index is 0.00000312. The lowest BCUT2D eigenvalue weighted by atomic mass is 10.0. The number of benzene rings is 2. The van der Waals surface area contributed by atoms with Gasteiger partial charge in [-0.3, -0.25) is 4.79 Å². The zero-order valence-corrected chi connectivity index (χ0v) is 15.6. The fourth-order valence-electron chi connectivity index (χ4n) is 2.40. The zero-order valence-electron chi connectivity index (χ0n) is 14.8. The molecule has 0 fully saturated rings. The third-order valence-corrected chi connectivity index (χ3v) is 3.66. The SMILES string of the molecule is CC(C)C[C@H](N)C(=O)Nc1ccc(COCc2ccccc2)cc1.Cl. The highest BCUT2D eigenvalue weighted by Crippen LogP contribution is 2.13. The van der Waals surface area contributed by atoms with E-state index in [2.05, 4.69) is 19.2 Å². The predicted octanol–water partition coefficient (Wildman–Crippen LogP) is 4.14. The number of rotatable bonds is 8. The van der Waals surface area contributed by atoms with Crippen LogP contribution in [0.3, 0.4) is 0 Å². The number of halogens is 1. The summed E-state index contributed by atoms with van der Waals surface area (Å²) >= 11 is 0. The number of nitrogens with two attached hydrogens (primary N) is 1. The molecule has 0 unspecified atom stereocenters. The molecule has 0 aliphatic carbocycles. The van der Waals surface area contributed by atoms with Gasteiger partial charge in [-0.15, -0.1) is 12.4 Å². The molecule has 2 rings (SSSR count). The zero-order chi connectivity index (χ0) is 17.4. The Kier molecular flexibility index (Phi) is 9.21. The van der Waals surface area contributed by atoms with Crippen molar-refractivity contribution in [3.05, 3.63) is 65.7 Å². The van der Waals surface area contributed by atoms with Gasteiger partial charge in [0.05, 0.1) is 19.3 Å². The van der Waals surface area contributed by atoms with E-state index in [0.29, 0.717) is 25.6 Å². The maximum absolute atomic E-state index is 12.0. The Morgan fingerprint density at radius 1 is 1.00 bits per heavy atom. The molecule has 0 aromatic heterocycles. The number of hydrogen-bond acceptors (Lipinski definition) is 3. The molecule has 5 heteroatoms. The maximum atomic E-state index is 12.0. The summed E-state index contributed by atoms with van der Waals surface area (Å²) in [7, 11) is 0. The minimum Gasteiger partial charge on any atom is -0.372 e. The molecule has 0 bridgehead atoms. The van der Waals surface area contributed by atoms with Crippen LogP contribution in [0.1, 0.15) is 31.4 Å². The van der Waals surface area contributed by atoms with E-state index < -0.39 is 6.04 Å². The van der Waals surface area contributed by atoms with Crippen molar-refractivity contribution >= 4 is 24.0 Å². The van der Waals surface area contributed by atoms with E-state index in [1.54, 1.807) is 0 Å². The van der Waals surface area contributed by atoms with Crippen molar-refractivity contribution in [1.82, 2.24) is 0 Å². The van der Waals surface area contributed by atoms with E-state index in [9.17, 15) is 4.79 Å². The van der Waals surface area contributed by atoms with Crippen molar-refractivity contribution in [2.24, 2.45) is 11.7 Å². The molecule has 1 amide bonds. The Bertz CT molecular complexity index is 630. The van der Waals surface area contributed by atoms with Crippen LogP contribution in [-0.2, 0) is 22.7 Å². The van der Waals surface area contributed by atoms with Crippen LogP contribution >= 0.6 is 12.4 Å². The number of amides is 1. The van der Waals surface area contributed by atoms with Crippen molar-refractivity contribution in [2.75, 3.05) is 5.32 Å². The normalized spacial score (nSPS) is 11.7. The number of anilines is 1. The molecule has 0 heterocycles. The van der Waals surface area contributed by atoms with Gasteiger partial charge in [0.2, 0.25) is 5.91 Å². The Morgan fingerprint density at radius 2 is 1.56 bits per heavy atom. The topological polar surface area (TPSA) is 64.4 Å². The Morgan fingerprint density at radius 3 is 2.12 bits per heavy atom. The molecule has 2 aromatic carbocycles. The van der Waals surface area contributed by atoms with E-state index in [4.69, 9.17) is 10.5 Å². The monoisotopic (exact) mass is 362 g/mol. The third kappa shape index (κ3) is 7.69. The summed E-state index contributed by atoms with van der Waals surface area (Å²) in [5, 5.41) is 2.85.